The average Bonchev–Trinajstić information content (AvgIpc) is 0. The summed E-state index contributed by atoms with van der Waals surface area (Å²) in [5.74, 6) is 0. The molecule has 0 fully saturated rings. The van der Waals surface area contributed by atoms with Crippen LogP contribution in [0.3, 0.4) is 0 Å². The van der Waals surface area contributed by atoms with Gasteiger partial charge in [-0.2, -0.15) is 0 Å². The Balaban J connectivity index is 0. The first-order valence-electron chi connectivity index (χ1n) is 0. The van der Waals surface area contributed by atoms with Gasteiger partial charge >= 0.3 is 52.8 Å². The summed E-state index contributed by atoms with van der Waals surface area (Å²) in [4.78, 5) is 0. The third-order valence-electron chi connectivity index (χ3n) is 0. The number of hydrogen-bond donors (Lipinski definition) is 0. The van der Waals surface area contributed by atoms with Gasteiger partial charge in [-0.05, 0) is 0 Å². The Labute approximate surface area is 68.7 Å². The summed E-state index contributed by atoms with van der Waals surface area (Å²) in [7, 11) is 0. The molecule has 0 amide bonds. The normalized spacial score (nSPS) is 0. The van der Waals surface area contributed by atoms with Gasteiger partial charge in [-0.1, -0.05) is 0 Å². The van der Waals surface area contributed by atoms with Crippen LogP contribution in [0.15, 0.2) is 0 Å². The molecule has 0 N–H and O–H groups in total. The van der Waals surface area contributed by atoms with E-state index in [9.17, 15) is 0 Å². The number of hydrogen-bond acceptors (Lipinski definition) is 0. The molecule has 0 aromatic carbocycles. The van der Waals surface area contributed by atoms with Crippen molar-refractivity contribution < 1.29 is 69.2 Å². The van der Waals surface area contributed by atoms with Crippen molar-refractivity contribution in [2.24, 2.45) is 0 Å². The third-order valence-corrected chi connectivity index (χ3v) is 0. The maximum Gasteiger partial charge on any atom is 3.00 e. The van der Waals surface area contributed by atoms with Crippen molar-refractivity contribution in [3.8, 4) is 0 Å². The van der Waals surface area contributed by atoms with Gasteiger partial charge in [-0.15, -0.1) is 0 Å². The van der Waals surface area contributed by atoms with Crippen LogP contribution in [0.2, 0.25) is 0 Å². The molecule has 0 aromatic heterocycles. The van der Waals surface area contributed by atoms with Crippen LogP contribution in [0, 0.1) is 0 Å². The van der Waals surface area contributed by atoms with Crippen molar-refractivity contribution in [1.29, 1.82) is 0 Å². The minimum Gasteiger partial charge on any atom is -2.00 e. The molecule has 0 aliphatic rings. The zero-order chi connectivity index (χ0) is 0. The topological polar surface area (TPSA) is 85.5 Å². The molecule has 0 bridgehead atoms. The number of rotatable bonds is 0. The SMILES string of the molecule is [Ir+3].[O-2].[O-2].[O-2].[Y+3]. The van der Waals surface area contributed by atoms with E-state index in [0.29, 0.717) is 0 Å². The van der Waals surface area contributed by atoms with Gasteiger partial charge in [-0.3, -0.25) is 0 Å². The second-order valence-electron chi connectivity index (χ2n) is 0. The van der Waals surface area contributed by atoms with Crippen LogP contribution in [-0.4, -0.2) is 0 Å². The standard InChI is InChI=1S/Ir.3O.Y/q+3;3*-2;+3. The molecule has 0 radical (unpaired) electrons. The monoisotopic (exact) mass is 330 g/mol. The zero-order valence-electron chi connectivity index (χ0n) is 2.14. The van der Waals surface area contributed by atoms with Gasteiger partial charge in [0.15, 0.2) is 0 Å². The maximum atomic E-state index is 0. The first kappa shape index (κ1) is 78.9. The summed E-state index contributed by atoms with van der Waals surface area (Å²) in [6.45, 7) is 0. The van der Waals surface area contributed by atoms with Crippen molar-refractivity contribution in [3.05, 3.63) is 0 Å². The predicted octanol–water partition coefficient (Wildman–Crippen LogP) is -0.361. The first-order valence-corrected chi connectivity index (χ1v) is 0. The molecule has 0 aromatic rings. The Hall–Kier alpha value is 1.63. The molecule has 5 heavy (non-hydrogen) atoms. The van der Waals surface area contributed by atoms with Crippen LogP contribution in [0.5, 0.6) is 0 Å². The Morgan fingerprint density at radius 2 is 0.600 bits per heavy atom. The van der Waals surface area contributed by atoms with Gasteiger partial charge in [-0.25, -0.2) is 0 Å². The van der Waals surface area contributed by atoms with Gasteiger partial charge < -0.3 is 16.4 Å². The van der Waals surface area contributed by atoms with Crippen LogP contribution in [0.4, 0.5) is 0 Å². The molecular weight excluding hydrogens is 329 g/mol. The Morgan fingerprint density at radius 3 is 0.600 bits per heavy atom. The summed E-state index contributed by atoms with van der Waals surface area (Å²) in [5.41, 5.74) is 0. The molecule has 0 aliphatic carbocycles. The second kappa shape index (κ2) is 45.3. The minimum absolute atomic E-state index is 0. The van der Waals surface area contributed by atoms with E-state index in [1.807, 2.05) is 0 Å². The third kappa shape index (κ3) is 27.9. The van der Waals surface area contributed by atoms with Gasteiger partial charge in [0.05, 0.1) is 0 Å². The van der Waals surface area contributed by atoms with Crippen molar-refractivity contribution in [3.63, 3.8) is 0 Å². The van der Waals surface area contributed by atoms with Crippen molar-refractivity contribution in [2.75, 3.05) is 0 Å². The average molecular weight is 329 g/mol. The van der Waals surface area contributed by atoms with Crippen molar-refractivity contribution in [2.45, 2.75) is 0 Å². The molecule has 0 spiro atoms. The second-order valence-corrected chi connectivity index (χ2v) is 0. The van der Waals surface area contributed by atoms with E-state index < -0.39 is 0 Å². The fourth-order valence-corrected chi connectivity index (χ4v) is 0. The summed E-state index contributed by atoms with van der Waals surface area (Å²) in [6.07, 6.45) is 0. The Kier molecular flexibility index (Phi) is 715. The van der Waals surface area contributed by atoms with Gasteiger partial charge in [0.2, 0.25) is 0 Å². The largest absolute Gasteiger partial charge is 3.00 e. The summed E-state index contributed by atoms with van der Waals surface area (Å²) in [5, 5.41) is 0. The van der Waals surface area contributed by atoms with E-state index in [1.54, 1.807) is 0 Å². The smallest absolute Gasteiger partial charge is 2.00 e. The van der Waals surface area contributed by atoms with Crippen LogP contribution < -0.4 is 0 Å². The Morgan fingerprint density at radius 1 is 0.600 bits per heavy atom. The van der Waals surface area contributed by atoms with Gasteiger partial charge in [0, 0.05) is 0 Å². The molecule has 30 valence electrons. The molecule has 0 saturated heterocycles. The van der Waals surface area contributed by atoms with E-state index >= 15 is 0 Å². The van der Waals surface area contributed by atoms with Crippen LogP contribution >= 0.6 is 0 Å². The Bertz CT molecular complexity index is 6.85. The van der Waals surface area contributed by atoms with Gasteiger partial charge in [0.1, 0.15) is 0 Å². The van der Waals surface area contributed by atoms with Crippen LogP contribution in [-0.2, 0) is 69.2 Å². The molecule has 0 rings (SSSR count). The molecule has 5 heteroatoms. The van der Waals surface area contributed by atoms with E-state index in [2.05, 4.69) is 0 Å². The quantitative estimate of drug-likeness (QED) is 0.581. The molecular formula is IrO3Y. The van der Waals surface area contributed by atoms with E-state index in [-0.39, 0.29) is 69.2 Å². The summed E-state index contributed by atoms with van der Waals surface area (Å²) >= 11 is 0. The molecule has 0 aliphatic heterocycles. The van der Waals surface area contributed by atoms with E-state index in [4.69, 9.17) is 0 Å². The van der Waals surface area contributed by atoms with Crippen LogP contribution in [0.1, 0.15) is 0 Å². The molecule has 0 unspecified atom stereocenters. The predicted molar refractivity (Wildman–Crippen MR) is 2.06 cm³/mol. The maximum absolute atomic E-state index is 0. The van der Waals surface area contributed by atoms with E-state index in [1.165, 1.54) is 0 Å². The molecule has 3 nitrogen and oxygen atoms in total. The van der Waals surface area contributed by atoms with Crippen molar-refractivity contribution in [1.82, 2.24) is 0 Å². The molecule has 0 atom stereocenters. The molecule has 0 saturated carbocycles. The fourth-order valence-electron chi connectivity index (χ4n) is 0. The first-order chi connectivity index (χ1) is 0. The van der Waals surface area contributed by atoms with Gasteiger partial charge in [0.25, 0.3) is 0 Å². The summed E-state index contributed by atoms with van der Waals surface area (Å²) < 4.78 is 0. The minimum atomic E-state index is 0. The van der Waals surface area contributed by atoms with E-state index in [0.717, 1.165) is 0 Å². The zero-order valence-corrected chi connectivity index (χ0v) is 7.37. The molecule has 0 heterocycles. The summed E-state index contributed by atoms with van der Waals surface area (Å²) in [6, 6.07) is 0. The fraction of sp³-hybridized carbons (Fsp3) is 0. The van der Waals surface area contributed by atoms with Crippen molar-refractivity contribution >= 4 is 0 Å². The van der Waals surface area contributed by atoms with Crippen LogP contribution in [0.25, 0.3) is 0 Å².